The average Bonchev–Trinajstić information content (AvgIpc) is 4.33. The van der Waals surface area contributed by atoms with Gasteiger partial charge in [0.05, 0.1) is 140 Å². The summed E-state index contributed by atoms with van der Waals surface area (Å²) in [6.07, 6.45) is 27.4. The first-order chi connectivity index (χ1) is 39.3. The Bertz CT molecular complexity index is 1770. The van der Waals surface area contributed by atoms with Crippen molar-refractivity contribution in [3.63, 3.8) is 0 Å². The number of rotatable bonds is 47. The van der Waals surface area contributed by atoms with Crippen molar-refractivity contribution in [1.29, 1.82) is 0 Å². The van der Waals surface area contributed by atoms with Crippen LogP contribution < -0.4 is 0 Å². The van der Waals surface area contributed by atoms with Crippen LogP contribution in [0.25, 0.3) is 0 Å². The summed E-state index contributed by atoms with van der Waals surface area (Å²) in [4.78, 5) is 96.7. The molecule has 8 aliphatic rings. The molecule has 0 spiro atoms. The van der Waals surface area contributed by atoms with Gasteiger partial charge in [0.15, 0.2) is 0 Å². The van der Waals surface area contributed by atoms with Crippen molar-refractivity contribution >= 4 is 23.9 Å². The molecule has 0 radical (unpaired) electrons. The van der Waals surface area contributed by atoms with Crippen LogP contribution in [0.4, 0.5) is 0 Å². The maximum absolute atomic E-state index is 14.0. The van der Waals surface area contributed by atoms with Gasteiger partial charge in [-0.05, 0) is 171 Å². The molecule has 4 heterocycles. The Hall–Kier alpha value is -2.60. The first-order valence-electron chi connectivity index (χ1n) is 31.6. The second-order valence-electron chi connectivity index (χ2n) is 24.1. The van der Waals surface area contributed by atoms with E-state index in [-0.39, 0.29) is 51.2 Å². The predicted molar refractivity (Wildman–Crippen MR) is 286 cm³/mol. The zero-order valence-electron chi connectivity index (χ0n) is 47.9. The van der Waals surface area contributed by atoms with Gasteiger partial charge in [0.2, 0.25) is 0 Å². The summed E-state index contributed by atoms with van der Waals surface area (Å²) >= 11 is 0. The monoisotopic (exact) mass is 1140 g/mol. The molecule has 4 aliphatic heterocycles. The first kappa shape index (κ1) is 63.4. The summed E-state index contributed by atoms with van der Waals surface area (Å²) < 4.78 is 45.1. The lowest BCUT2D eigenvalue weighted by molar-refractivity contribution is -0.307. The molecule has 0 N–H and O–H groups in total. The third-order valence-electron chi connectivity index (χ3n) is 17.4. The summed E-state index contributed by atoms with van der Waals surface area (Å²) in [7, 11) is 0. The van der Waals surface area contributed by atoms with Crippen LogP contribution in [0.15, 0.2) is 0 Å². The Kier molecular flexibility index (Phi) is 28.8. The number of fused-ring (bicyclic) bond motifs is 4. The van der Waals surface area contributed by atoms with Gasteiger partial charge in [-0.1, -0.05) is 25.7 Å². The Morgan fingerprint density at radius 2 is 0.713 bits per heavy atom. The maximum Gasteiger partial charge on any atom is 0.309 e. The fourth-order valence-electron chi connectivity index (χ4n) is 12.1. The summed E-state index contributed by atoms with van der Waals surface area (Å²) in [6, 6.07) is 0. The van der Waals surface area contributed by atoms with Gasteiger partial charge in [-0.25, -0.2) is 39.1 Å². The van der Waals surface area contributed by atoms with Crippen molar-refractivity contribution in [3.8, 4) is 0 Å². The van der Waals surface area contributed by atoms with Gasteiger partial charge in [0.25, 0.3) is 0 Å². The molecule has 8 rings (SSSR count). The van der Waals surface area contributed by atoms with E-state index in [4.69, 9.17) is 77.0 Å². The summed E-state index contributed by atoms with van der Waals surface area (Å²) in [5, 5.41) is 0. The second-order valence-corrected chi connectivity index (χ2v) is 24.1. The smallest absolute Gasteiger partial charge is 0.309 e. The van der Waals surface area contributed by atoms with Crippen molar-refractivity contribution in [2.24, 2.45) is 35.5 Å². The van der Waals surface area contributed by atoms with Gasteiger partial charge in [-0.15, -0.1) is 0 Å². The topological polar surface area (TPSA) is 229 Å². The molecule has 0 amide bonds. The zero-order valence-corrected chi connectivity index (χ0v) is 47.9. The molecule has 0 aromatic rings. The van der Waals surface area contributed by atoms with Gasteiger partial charge < -0.3 is 37.9 Å². The Labute approximate surface area is 474 Å². The van der Waals surface area contributed by atoms with E-state index in [0.717, 1.165) is 128 Å². The molecule has 0 aromatic heterocycles. The van der Waals surface area contributed by atoms with E-state index >= 15 is 0 Å². The maximum atomic E-state index is 14.0. The van der Waals surface area contributed by atoms with Crippen molar-refractivity contribution in [2.75, 3.05) is 79.3 Å². The number of hydrogen-bond acceptors (Lipinski definition) is 20. The second kappa shape index (κ2) is 36.3. The molecular formula is C60H98O20. The van der Waals surface area contributed by atoms with Gasteiger partial charge in [-0.2, -0.15) is 0 Å². The Balaban J connectivity index is 0.725. The lowest BCUT2D eigenvalue weighted by Crippen LogP contribution is -2.33. The Morgan fingerprint density at radius 3 is 1.16 bits per heavy atom. The molecule has 14 atom stereocenters. The molecule has 80 heavy (non-hydrogen) atoms. The molecule has 14 unspecified atom stereocenters. The van der Waals surface area contributed by atoms with Gasteiger partial charge in [-0.3, -0.25) is 19.2 Å². The third-order valence-corrected chi connectivity index (χ3v) is 17.4. The number of ether oxygens (including phenoxy) is 8. The van der Waals surface area contributed by atoms with Crippen LogP contribution >= 0.6 is 0 Å². The van der Waals surface area contributed by atoms with E-state index in [2.05, 4.69) is 0 Å². The lowest BCUT2D eigenvalue weighted by Gasteiger charge is -2.24. The van der Waals surface area contributed by atoms with Gasteiger partial charge in [0.1, 0.15) is 0 Å². The minimum Gasteiger partial charge on any atom is -0.466 e. The lowest BCUT2D eigenvalue weighted by atomic mass is 9.87. The van der Waals surface area contributed by atoms with Gasteiger partial charge in [0, 0.05) is 18.8 Å². The summed E-state index contributed by atoms with van der Waals surface area (Å²) in [5.41, 5.74) is 0. The molecule has 4 aliphatic carbocycles. The average molecular weight is 1140 g/mol. The number of esters is 4. The Morgan fingerprint density at radius 1 is 0.338 bits per heavy atom. The fraction of sp³-hybridized carbons (Fsp3) is 0.933. The van der Waals surface area contributed by atoms with E-state index in [9.17, 15) is 19.2 Å². The minimum absolute atomic E-state index is 0.0604. The number of hydrogen-bond donors (Lipinski definition) is 0. The predicted octanol–water partition coefficient (Wildman–Crippen LogP) is 9.48. The van der Waals surface area contributed by atoms with E-state index in [1.165, 1.54) is 0 Å². The van der Waals surface area contributed by atoms with Crippen LogP contribution in [0.1, 0.15) is 193 Å². The highest BCUT2D eigenvalue weighted by Gasteiger charge is 2.46. The normalized spacial score (nSPS) is 29.4. The molecule has 20 nitrogen and oxygen atoms in total. The molecule has 0 aromatic carbocycles. The molecule has 20 heteroatoms. The number of carbonyl (C=O) groups excluding carboxylic acids is 4. The molecule has 8 fully saturated rings. The van der Waals surface area contributed by atoms with E-state index in [1.54, 1.807) is 0 Å². The van der Waals surface area contributed by atoms with Gasteiger partial charge >= 0.3 is 23.9 Å². The quantitative estimate of drug-likeness (QED) is 0.0138. The highest BCUT2D eigenvalue weighted by molar-refractivity contribution is 5.75. The van der Waals surface area contributed by atoms with Crippen LogP contribution in [0.3, 0.4) is 0 Å². The summed E-state index contributed by atoms with van der Waals surface area (Å²) in [5.74, 6) is -1.12. The van der Waals surface area contributed by atoms with Crippen LogP contribution in [0.2, 0.25) is 0 Å². The van der Waals surface area contributed by atoms with Crippen molar-refractivity contribution in [2.45, 2.75) is 241 Å². The number of carbonyl (C=O) groups is 4. The first-order valence-corrected chi connectivity index (χ1v) is 31.6. The van der Waals surface area contributed by atoms with Crippen molar-refractivity contribution in [3.05, 3.63) is 0 Å². The highest BCUT2D eigenvalue weighted by Crippen LogP contribution is 2.42. The van der Waals surface area contributed by atoms with Crippen LogP contribution in [-0.4, -0.2) is 152 Å². The summed E-state index contributed by atoms with van der Waals surface area (Å²) in [6.45, 7) is 4.22. The van der Waals surface area contributed by atoms with Crippen LogP contribution in [0.5, 0.6) is 0 Å². The van der Waals surface area contributed by atoms with E-state index in [0.29, 0.717) is 177 Å². The minimum atomic E-state index is -0.808. The standard InChI is InChI=1S/C60H98O20/c61-57(67-38-43-17-21-49-53(33-43)77-49)15-7-5-9-26-65-59(63)37-47(42-76-72-31-14-4-3-13-30-71-75-41-46-20-24-52-56(36-46)80-52)48(60(64)66-27-10-6-8-16-58(62)68-39-44-18-22-50-54(34-44)78-50)25-32-73-69-28-11-1-2-12-29-70-74-40-45-19-23-51-55(35-45)79-51/h43-56H,1-42H2. The van der Waals surface area contributed by atoms with Crippen molar-refractivity contribution in [1.82, 2.24) is 0 Å². The zero-order chi connectivity index (χ0) is 55.4. The molecule has 0 bridgehead atoms. The van der Waals surface area contributed by atoms with Crippen molar-refractivity contribution < 1.29 is 96.2 Å². The third kappa shape index (κ3) is 25.3. The fourth-order valence-corrected chi connectivity index (χ4v) is 12.1. The van der Waals surface area contributed by atoms with Crippen LogP contribution in [-0.2, 0) is 96.2 Å². The van der Waals surface area contributed by atoms with Crippen LogP contribution in [0, 0.1) is 35.5 Å². The largest absolute Gasteiger partial charge is 0.466 e. The number of unbranched alkanes of at least 4 members (excludes halogenated alkanes) is 10. The highest BCUT2D eigenvalue weighted by atomic mass is 17.2. The van der Waals surface area contributed by atoms with E-state index < -0.39 is 23.8 Å². The molecular weight excluding hydrogens is 1040 g/mol. The molecule has 4 saturated heterocycles. The SMILES string of the molecule is O=C(CCCCCOC(=O)CC(COOCCCCCCOOCC1CCC2OC2C1)C(CCOOCCCCCCOOCC1CCC2OC2C1)C(=O)OCCCCCC(=O)OCC1CCC2OC2C1)OCC1CCC2OC2C1. The molecule has 4 saturated carbocycles. The molecule has 458 valence electrons. The van der Waals surface area contributed by atoms with E-state index in [1.807, 2.05) is 0 Å². The number of epoxide rings is 4.